The molecule has 4 N–H and O–H groups in total. The Kier molecular flexibility index (Phi) is 98.8. The van der Waals surface area contributed by atoms with Crippen LogP contribution in [-0.4, -0.2) is 95.9 Å². The van der Waals surface area contributed by atoms with Crippen molar-refractivity contribution in [1.82, 2.24) is 0 Å². The second-order valence-electron chi connectivity index (χ2n) is 35.7. The molecule has 0 aromatic heterocycles. The molecule has 0 bridgehead atoms. The predicted molar refractivity (Wildman–Crippen MR) is 546 cm³/mol. The molecule has 0 fully saturated rings. The summed E-state index contributed by atoms with van der Waals surface area (Å²) in [5.41, 5.74) is 0. The van der Waals surface area contributed by atoms with Gasteiger partial charge in [0.25, 0.3) is 0 Å². The summed E-state index contributed by atoms with van der Waals surface area (Å²) in [6.07, 6.45) is 132. The minimum absolute atomic E-state index is 0.102. The van der Waals surface area contributed by atoms with Gasteiger partial charge in [0.1, 0.15) is 25.4 Å². The smallest absolute Gasteiger partial charge is 0.463 e. The Bertz CT molecular complexity index is 2920. The van der Waals surface area contributed by atoms with Gasteiger partial charge in [0.05, 0.1) is 26.4 Å². The number of aliphatic hydroxyl groups excluding tert-OH is 2. The molecule has 16 nitrogen and oxygen atoms in total. The second kappa shape index (κ2) is 102. The van der Waals surface area contributed by atoms with E-state index in [1.54, 1.807) is 0 Å². The zero-order valence-electron chi connectivity index (χ0n) is 82.8. The maximum atomic E-state index is 13.1. The summed E-state index contributed by atoms with van der Waals surface area (Å²) in [7, 11) is -9.82. The third kappa shape index (κ3) is 104. The number of phosphoric ester groups is 2. The van der Waals surface area contributed by atoms with Crippen molar-refractivity contribution < 1.29 is 75.8 Å². The van der Waals surface area contributed by atoms with Crippen molar-refractivity contribution in [3.63, 3.8) is 0 Å². The molecule has 0 amide bonds. The summed E-state index contributed by atoms with van der Waals surface area (Å²) in [6, 6.07) is 0. The number of hydrogen-bond acceptors (Lipinski definition) is 14. The minimum Gasteiger partial charge on any atom is -0.463 e. The normalized spacial score (nSPS) is 14.2. The van der Waals surface area contributed by atoms with Crippen molar-refractivity contribution in [2.75, 3.05) is 39.6 Å². The molecule has 5 unspecified atom stereocenters. The topological polar surface area (TPSA) is 231 Å². The maximum absolute atomic E-state index is 13.1. The van der Waals surface area contributed by atoms with Crippen molar-refractivity contribution >= 4 is 33.6 Å². The van der Waals surface area contributed by atoms with Crippen molar-refractivity contribution in [2.45, 2.75) is 501 Å². The maximum Gasteiger partial charge on any atom is 0.472 e. The molecule has 5 atom stereocenters. The zero-order valence-corrected chi connectivity index (χ0v) is 84.6. The highest BCUT2D eigenvalue weighted by Gasteiger charge is 2.30. The number of ether oxygens (including phenoxy) is 3. The third-order valence-electron chi connectivity index (χ3n) is 23.0. The van der Waals surface area contributed by atoms with E-state index in [0.29, 0.717) is 19.3 Å². The third-order valence-corrected chi connectivity index (χ3v) is 24.9. The summed E-state index contributed by atoms with van der Waals surface area (Å²) < 4.78 is 61.8. The van der Waals surface area contributed by atoms with Gasteiger partial charge in [-0.05, 0) is 154 Å². The van der Waals surface area contributed by atoms with E-state index in [4.69, 9.17) is 32.3 Å². The van der Waals surface area contributed by atoms with Crippen LogP contribution in [0.4, 0.5) is 0 Å². The summed E-state index contributed by atoms with van der Waals surface area (Å²) in [5, 5.41) is 20.8. The molecule has 0 saturated carbocycles. The average molecular weight is 1850 g/mol. The largest absolute Gasteiger partial charge is 0.472 e. The Morgan fingerprint density at radius 2 is 0.388 bits per heavy atom. The Morgan fingerprint density at radius 1 is 0.217 bits per heavy atom. The van der Waals surface area contributed by atoms with E-state index in [1.165, 1.54) is 289 Å². The first-order valence-electron chi connectivity index (χ1n) is 53.1. The zero-order chi connectivity index (χ0) is 93.5. The average Bonchev–Trinajstić information content (AvgIpc) is 0.898. The molecule has 0 aromatic carbocycles. The van der Waals surface area contributed by atoms with Crippen molar-refractivity contribution in [3.8, 4) is 0 Å². The molecule has 0 rings (SSSR count). The van der Waals surface area contributed by atoms with Crippen LogP contribution in [0.25, 0.3) is 0 Å². The molecule has 18 heteroatoms. The molecule has 0 radical (unpaired) electrons. The Balaban J connectivity index is 4.57. The summed E-state index contributed by atoms with van der Waals surface area (Å²) in [4.78, 5) is 59.3. The Labute approximate surface area is 791 Å². The Morgan fingerprint density at radius 3 is 0.612 bits per heavy atom. The lowest BCUT2D eigenvalue weighted by atomic mass is 10.0. The van der Waals surface area contributed by atoms with Gasteiger partial charge in [-0.3, -0.25) is 32.5 Å². The number of esters is 3. The number of unbranched alkanes of at least 4 members (excludes halogenated alkanes) is 54. The number of carbonyl (C=O) groups is 3. The van der Waals surface area contributed by atoms with Crippen LogP contribution in [0.3, 0.4) is 0 Å². The first-order chi connectivity index (χ1) is 63.2. The minimum atomic E-state index is -4.95. The fourth-order valence-corrected chi connectivity index (χ4v) is 16.5. The van der Waals surface area contributed by atoms with E-state index < -0.39 is 91.5 Å². The number of hydrogen-bond donors (Lipinski definition) is 4. The van der Waals surface area contributed by atoms with Gasteiger partial charge in [0, 0.05) is 19.3 Å². The highest BCUT2D eigenvalue weighted by Crippen LogP contribution is 2.45. The van der Waals surface area contributed by atoms with Gasteiger partial charge in [-0.15, -0.1) is 0 Å². The molecule has 0 heterocycles. The number of phosphoric acid groups is 2. The van der Waals surface area contributed by atoms with Crippen molar-refractivity contribution in [2.24, 2.45) is 0 Å². The monoisotopic (exact) mass is 1850 g/mol. The van der Waals surface area contributed by atoms with Gasteiger partial charge < -0.3 is 34.2 Å². The van der Waals surface area contributed by atoms with Gasteiger partial charge in [0.2, 0.25) is 0 Å². The van der Waals surface area contributed by atoms with Crippen molar-refractivity contribution in [3.05, 3.63) is 146 Å². The predicted octanol–water partition coefficient (Wildman–Crippen LogP) is 33.8. The van der Waals surface area contributed by atoms with E-state index in [9.17, 15) is 43.5 Å². The fraction of sp³-hybridized carbons (Fsp3) is 0.757. The van der Waals surface area contributed by atoms with Gasteiger partial charge in [-0.2, -0.15) is 0 Å². The summed E-state index contributed by atoms with van der Waals surface area (Å²) >= 11 is 0. The van der Waals surface area contributed by atoms with Crippen LogP contribution in [0, 0.1) is 0 Å². The second-order valence-corrected chi connectivity index (χ2v) is 38.6. The van der Waals surface area contributed by atoms with Crippen molar-refractivity contribution in [1.29, 1.82) is 0 Å². The molecule has 129 heavy (non-hydrogen) atoms. The number of aliphatic hydroxyl groups is 2. The van der Waals surface area contributed by atoms with E-state index in [1.807, 2.05) is 0 Å². The molecule has 0 aliphatic heterocycles. The number of allylic oxidation sites excluding steroid dienone is 24. The van der Waals surface area contributed by atoms with E-state index in [-0.39, 0.29) is 19.3 Å². The number of carbonyl (C=O) groups excluding carboxylic acids is 3. The molecular weight excluding hydrogens is 1650 g/mol. The lowest BCUT2D eigenvalue weighted by Crippen LogP contribution is -2.30. The molecule has 0 aliphatic carbocycles. The van der Waals surface area contributed by atoms with Crippen LogP contribution in [0.15, 0.2) is 146 Å². The highest BCUT2D eigenvalue weighted by atomic mass is 31.2. The molecule has 0 aliphatic rings. The molecule has 0 spiro atoms. The first-order valence-corrected chi connectivity index (χ1v) is 56.1. The van der Waals surface area contributed by atoms with E-state index in [2.05, 4.69) is 167 Å². The highest BCUT2D eigenvalue weighted by molar-refractivity contribution is 7.47. The number of rotatable bonds is 101. The fourth-order valence-electron chi connectivity index (χ4n) is 14.9. The summed E-state index contributed by atoms with van der Waals surface area (Å²) in [5.74, 6) is -1.55. The van der Waals surface area contributed by atoms with Crippen LogP contribution in [0.5, 0.6) is 0 Å². The van der Waals surface area contributed by atoms with E-state index in [0.717, 1.165) is 135 Å². The van der Waals surface area contributed by atoms with Gasteiger partial charge in [-0.1, -0.05) is 456 Å². The molecule has 0 saturated heterocycles. The first kappa shape index (κ1) is 124. The van der Waals surface area contributed by atoms with Crippen LogP contribution in [-0.2, 0) is 55.8 Å². The van der Waals surface area contributed by atoms with Crippen LogP contribution in [0.1, 0.15) is 483 Å². The van der Waals surface area contributed by atoms with Gasteiger partial charge >= 0.3 is 33.6 Å². The quantitative estimate of drug-likeness (QED) is 0.0146. The van der Waals surface area contributed by atoms with Gasteiger partial charge in [0.15, 0.2) is 6.10 Å². The lowest BCUT2D eigenvalue weighted by Gasteiger charge is -2.21. The molecule has 0 aromatic rings. The Hall–Kier alpha value is -4.57. The standard InChI is InChI=1S/C111H196O16P2/c1-4-7-10-13-16-19-22-25-28-31-34-37-40-43-46-49-50-51-52-53-54-57-59-61-64-67-70-73-76-79-82-85-88-91-94-97-109(114)121-100-106(112)101-123-128(117,118)124-102-107(113)103-125-129(119,120)126-105-108(127-111(116)99-96-93-90-87-84-81-78-75-72-69-66-63-60-56-48-45-42-39-36-33-30-27-24-21-18-15-12-9-6-3)104-122-110(115)98-95-92-89-86-83-80-77-74-71-68-65-62-58-55-47-44-41-38-35-32-29-26-23-20-17-14-11-8-5-2/h16-21,25-30,34-39,43-48,106-108,112-113H,4-15,22-24,31-33,40-42,49-105H2,1-3H3,(H,117,118)(H,119,120)/b19-16-,20-17-,21-18-,28-25-,29-26-,30-27-,37-34-,38-35-,39-36-,46-43-,47-44-,48-45-. The lowest BCUT2D eigenvalue weighted by molar-refractivity contribution is -0.161. The molecular formula is C111H196O16P2. The SMILES string of the molecule is CCCCC/C=C\C/C=C\C/C=C\C/C=C\CCCCCCCCCCCCCCCCCCCCCC(=O)OCC(O)COP(=O)(O)OCC(O)COP(=O)(O)OCC(COC(=O)CCCCCCCCCCCCCCC/C=C\C/C=C\C/C=C\C/C=C\CCCCC)OC(=O)CCCCCCCCCCCCCCC/C=C\C/C=C\C/C=C\C/C=C\CCCCC. The van der Waals surface area contributed by atoms with Crippen LogP contribution < -0.4 is 0 Å². The van der Waals surface area contributed by atoms with Crippen LogP contribution in [0.2, 0.25) is 0 Å². The van der Waals surface area contributed by atoms with Gasteiger partial charge in [-0.25, -0.2) is 9.13 Å². The molecule has 746 valence electrons. The van der Waals surface area contributed by atoms with Crippen LogP contribution >= 0.6 is 15.6 Å². The summed E-state index contributed by atoms with van der Waals surface area (Å²) in [6.45, 7) is 2.69. The van der Waals surface area contributed by atoms with E-state index >= 15 is 0 Å².